The molecule has 104 valence electrons. The van der Waals surface area contributed by atoms with Gasteiger partial charge in [-0.25, -0.2) is 4.98 Å². The molecule has 0 amide bonds. The van der Waals surface area contributed by atoms with Crippen molar-refractivity contribution in [3.8, 4) is 11.6 Å². The van der Waals surface area contributed by atoms with Crippen LogP contribution in [0.1, 0.15) is 5.56 Å². The number of nitro groups is 1. The summed E-state index contributed by atoms with van der Waals surface area (Å²) in [4.78, 5) is 14.5. The molecular formula is C13H12BrN3O3. The van der Waals surface area contributed by atoms with Gasteiger partial charge >= 0.3 is 0 Å². The van der Waals surface area contributed by atoms with Crippen LogP contribution >= 0.6 is 15.9 Å². The number of benzene rings is 1. The van der Waals surface area contributed by atoms with E-state index < -0.39 is 4.92 Å². The topological polar surface area (TPSA) is 77.3 Å². The molecule has 1 N–H and O–H groups in total. The van der Waals surface area contributed by atoms with Gasteiger partial charge in [0.25, 0.3) is 5.69 Å². The molecule has 7 heteroatoms. The zero-order valence-corrected chi connectivity index (χ0v) is 12.3. The standard InChI is InChI=1S/C13H12BrN3O3/c1-15-8-9-3-2-4-16-13(9)20-12-6-10(14)5-11(7-12)17(18)19/h2-7,15H,8H2,1H3. The summed E-state index contributed by atoms with van der Waals surface area (Å²) in [6, 6.07) is 8.13. The highest BCUT2D eigenvalue weighted by Gasteiger charge is 2.12. The second-order valence-electron chi connectivity index (χ2n) is 4.00. The minimum Gasteiger partial charge on any atom is -0.438 e. The molecule has 1 aromatic heterocycles. The summed E-state index contributed by atoms with van der Waals surface area (Å²) in [5, 5.41) is 13.8. The Labute approximate surface area is 124 Å². The predicted molar refractivity (Wildman–Crippen MR) is 77.9 cm³/mol. The molecule has 1 aromatic carbocycles. The van der Waals surface area contributed by atoms with Gasteiger partial charge in [0, 0.05) is 28.8 Å². The van der Waals surface area contributed by atoms with E-state index in [9.17, 15) is 10.1 Å². The van der Waals surface area contributed by atoms with Gasteiger partial charge in [-0.05, 0) is 19.2 Å². The number of nitro benzene ring substituents is 1. The Hall–Kier alpha value is -1.99. The van der Waals surface area contributed by atoms with Crippen molar-refractivity contribution in [1.29, 1.82) is 0 Å². The van der Waals surface area contributed by atoms with Crippen LogP contribution in [-0.2, 0) is 6.54 Å². The summed E-state index contributed by atoms with van der Waals surface area (Å²) in [6.45, 7) is 0.596. The van der Waals surface area contributed by atoms with Gasteiger partial charge in [-0.3, -0.25) is 10.1 Å². The van der Waals surface area contributed by atoms with Crippen LogP contribution in [0.15, 0.2) is 41.0 Å². The van der Waals surface area contributed by atoms with Crippen molar-refractivity contribution in [1.82, 2.24) is 10.3 Å². The summed E-state index contributed by atoms with van der Waals surface area (Å²) in [5.74, 6) is 0.788. The van der Waals surface area contributed by atoms with Crippen LogP contribution in [0.5, 0.6) is 11.6 Å². The van der Waals surface area contributed by atoms with Crippen molar-refractivity contribution in [3.63, 3.8) is 0 Å². The fraction of sp³-hybridized carbons (Fsp3) is 0.154. The van der Waals surface area contributed by atoms with Crippen LogP contribution in [-0.4, -0.2) is 17.0 Å². The van der Waals surface area contributed by atoms with E-state index in [1.54, 1.807) is 12.3 Å². The molecule has 0 aliphatic carbocycles. The summed E-state index contributed by atoms with van der Waals surface area (Å²) in [6.07, 6.45) is 1.61. The normalized spacial score (nSPS) is 10.3. The van der Waals surface area contributed by atoms with Crippen LogP contribution < -0.4 is 10.1 Å². The summed E-state index contributed by atoms with van der Waals surface area (Å²) < 4.78 is 6.22. The van der Waals surface area contributed by atoms with E-state index in [0.717, 1.165) is 5.56 Å². The molecule has 0 aliphatic rings. The first kappa shape index (κ1) is 14.4. The van der Waals surface area contributed by atoms with Gasteiger partial charge in [-0.2, -0.15) is 0 Å². The molecule has 20 heavy (non-hydrogen) atoms. The highest BCUT2D eigenvalue weighted by atomic mass is 79.9. The van der Waals surface area contributed by atoms with Crippen LogP contribution in [0.25, 0.3) is 0 Å². The fourth-order valence-corrected chi connectivity index (χ4v) is 2.13. The van der Waals surface area contributed by atoms with Crippen LogP contribution in [0.4, 0.5) is 5.69 Å². The fourth-order valence-electron chi connectivity index (χ4n) is 1.66. The van der Waals surface area contributed by atoms with E-state index >= 15 is 0 Å². The molecule has 0 saturated carbocycles. The number of non-ortho nitro benzene ring substituents is 1. The number of aromatic nitrogens is 1. The lowest BCUT2D eigenvalue weighted by Gasteiger charge is -2.09. The zero-order chi connectivity index (χ0) is 14.5. The van der Waals surface area contributed by atoms with Gasteiger partial charge in [0.05, 0.1) is 11.0 Å². The Balaban J connectivity index is 2.32. The first-order valence-electron chi connectivity index (χ1n) is 5.81. The van der Waals surface area contributed by atoms with E-state index in [4.69, 9.17) is 4.74 Å². The maximum absolute atomic E-state index is 10.8. The molecule has 0 atom stereocenters. The van der Waals surface area contributed by atoms with Gasteiger partial charge in [0.15, 0.2) is 0 Å². The summed E-state index contributed by atoms with van der Waals surface area (Å²) >= 11 is 3.23. The molecule has 0 saturated heterocycles. The molecule has 0 bridgehead atoms. The molecular weight excluding hydrogens is 326 g/mol. The number of nitrogens with zero attached hydrogens (tertiary/aromatic N) is 2. The van der Waals surface area contributed by atoms with Crippen molar-refractivity contribution >= 4 is 21.6 Å². The van der Waals surface area contributed by atoms with E-state index in [1.165, 1.54) is 12.1 Å². The quantitative estimate of drug-likeness (QED) is 0.669. The maximum atomic E-state index is 10.8. The molecule has 1 heterocycles. The number of ether oxygens (including phenoxy) is 1. The van der Waals surface area contributed by atoms with Crippen molar-refractivity contribution in [2.45, 2.75) is 6.54 Å². The molecule has 0 spiro atoms. The average Bonchev–Trinajstić information content (AvgIpc) is 2.40. The van der Waals surface area contributed by atoms with Crippen molar-refractivity contribution in [2.24, 2.45) is 0 Å². The van der Waals surface area contributed by atoms with Gasteiger partial charge in [0.2, 0.25) is 5.88 Å². The van der Waals surface area contributed by atoms with Gasteiger partial charge in [-0.1, -0.05) is 22.0 Å². The van der Waals surface area contributed by atoms with Crippen LogP contribution in [0.3, 0.4) is 0 Å². The van der Waals surface area contributed by atoms with Crippen molar-refractivity contribution in [2.75, 3.05) is 7.05 Å². The Morgan fingerprint density at radius 1 is 1.45 bits per heavy atom. The molecule has 0 fully saturated rings. The first-order valence-corrected chi connectivity index (χ1v) is 6.61. The third kappa shape index (κ3) is 3.52. The Morgan fingerprint density at radius 3 is 2.95 bits per heavy atom. The Kier molecular flexibility index (Phi) is 4.65. The predicted octanol–water partition coefficient (Wildman–Crippen LogP) is 3.26. The van der Waals surface area contributed by atoms with Crippen molar-refractivity contribution in [3.05, 3.63) is 56.7 Å². The van der Waals surface area contributed by atoms with E-state index in [2.05, 4.69) is 26.2 Å². The monoisotopic (exact) mass is 337 g/mol. The van der Waals surface area contributed by atoms with Crippen LogP contribution in [0.2, 0.25) is 0 Å². The molecule has 2 aromatic rings. The second kappa shape index (κ2) is 6.44. The molecule has 0 aliphatic heterocycles. The van der Waals surface area contributed by atoms with E-state index in [-0.39, 0.29) is 5.69 Å². The SMILES string of the molecule is CNCc1cccnc1Oc1cc(Br)cc([N+](=O)[O-])c1. The smallest absolute Gasteiger partial charge is 0.274 e. The average molecular weight is 338 g/mol. The Bertz CT molecular complexity index is 634. The number of halogens is 1. The zero-order valence-electron chi connectivity index (χ0n) is 10.7. The third-order valence-corrected chi connectivity index (χ3v) is 2.96. The second-order valence-corrected chi connectivity index (χ2v) is 4.92. The number of hydrogen-bond donors (Lipinski definition) is 1. The van der Waals surface area contributed by atoms with Gasteiger partial charge in [0.1, 0.15) is 5.75 Å². The van der Waals surface area contributed by atoms with Gasteiger partial charge in [-0.15, -0.1) is 0 Å². The first-order chi connectivity index (χ1) is 9.60. The van der Waals surface area contributed by atoms with E-state index in [1.807, 2.05) is 19.2 Å². The number of rotatable bonds is 5. The van der Waals surface area contributed by atoms with Gasteiger partial charge < -0.3 is 10.1 Å². The number of pyridine rings is 1. The Morgan fingerprint density at radius 2 is 2.25 bits per heavy atom. The number of nitrogens with one attached hydrogen (secondary N) is 1. The molecule has 0 radical (unpaired) electrons. The lowest BCUT2D eigenvalue weighted by Crippen LogP contribution is -2.07. The minimum absolute atomic E-state index is 0.0412. The summed E-state index contributed by atoms with van der Waals surface area (Å²) in [7, 11) is 1.82. The highest BCUT2D eigenvalue weighted by molar-refractivity contribution is 9.10. The minimum atomic E-state index is -0.468. The molecule has 6 nitrogen and oxygen atoms in total. The van der Waals surface area contributed by atoms with Crippen molar-refractivity contribution < 1.29 is 9.66 Å². The number of hydrogen-bond acceptors (Lipinski definition) is 5. The maximum Gasteiger partial charge on any atom is 0.274 e. The molecule has 0 unspecified atom stereocenters. The highest BCUT2D eigenvalue weighted by Crippen LogP contribution is 2.30. The summed E-state index contributed by atoms with van der Waals surface area (Å²) in [5.41, 5.74) is 0.832. The lowest BCUT2D eigenvalue weighted by atomic mass is 10.2. The lowest BCUT2D eigenvalue weighted by molar-refractivity contribution is -0.385. The van der Waals surface area contributed by atoms with Crippen LogP contribution in [0, 0.1) is 10.1 Å². The molecule has 2 rings (SSSR count). The largest absolute Gasteiger partial charge is 0.438 e. The van der Waals surface area contributed by atoms with E-state index in [0.29, 0.717) is 22.6 Å². The third-order valence-electron chi connectivity index (χ3n) is 2.50.